The summed E-state index contributed by atoms with van der Waals surface area (Å²) in [5.74, 6) is 0. The van der Waals surface area contributed by atoms with E-state index >= 15 is 0 Å². The van der Waals surface area contributed by atoms with Crippen LogP contribution in [0.2, 0.25) is 0 Å². The van der Waals surface area contributed by atoms with Gasteiger partial charge in [0.25, 0.3) is 0 Å². The van der Waals surface area contributed by atoms with Crippen LogP contribution in [0, 0.1) is 0 Å². The fourth-order valence-electron chi connectivity index (χ4n) is 2.62. The van der Waals surface area contributed by atoms with E-state index in [-0.39, 0.29) is 6.10 Å². The van der Waals surface area contributed by atoms with Crippen molar-refractivity contribution in [3.05, 3.63) is 17.5 Å². The smallest absolute Gasteiger partial charge is 0.0624 e. The predicted molar refractivity (Wildman–Crippen MR) is 84.9 cm³/mol. The monoisotopic (exact) mass is 280 g/mol. The zero-order chi connectivity index (χ0) is 14.8. The highest BCUT2D eigenvalue weighted by Gasteiger charge is 2.10. The zero-order valence-corrected chi connectivity index (χ0v) is 13.6. The SMILES string of the molecule is CCCCCCCCCC(O)Cc1cc(CC)nn1C. The van der Waals surface area contributed by atoms with Crippen molar-refractivity contribution >= 4 is 0 Å². The van der Waals surface area contributed by atoms with Crippen LogP contribution >= 0.6 is 0 Å². The van der Waals surface area contributed by atoms with Crippen molar-refractivity contribution in [1.29, 1.82) is 0 Å². The molecule has 0 bridgehead atoms. The van der Waals surface area contributed by atoms with Crippen LogP contribution in [-0.4, -0.2) is 21.0 Å². The van der Waals surface area contributed by atoms with Gasteiger partial charge in [-0.25, -0.2) is 0 Å². The van der Waals surface area contributed by atoms with Gasteiger partial charge in [0.05, 0.1) is 11.8 Å². The molecular formula is C17H32N2O. The largest absolute Gasteiger partial charge is 0.393 e. The summed E-state index contributed by atoms with van der Waals surface area (Å²) in [6.07, 6.45) is 11.5. The van der Waals surface area contributed by atoms with Gasteiger partial charge in [0, 0.05) is 19.2 Å². The van der Waals surface area contributed by atoms with E-state index in [9.17, 15) is 5.11 Å². The molecule has 1 aromatic rings. The van der Waals surface area contributed by atoms with E-state index in [0.29, 0.717) is 0 Å². The van der Waals surface area contributed by atoms with E-state index in [0.717, 1.165) is 37.1 Å². The maximum atomic E-state index is 10.1. The maximum Gasteiger partial charge on any atom is 0.0624 e. The van der Waals surface area contributed by atoms with Gasteiger partial charge in [-0.05, 0) is 18.9 Å². The van der Waals surface area contributed by atoms with Crippen LogP contribution in [0.1, 0.15) is 76.6 Å². The Hall–Kier alpha value is -0.830. The lowest BCUT2D eigenvalue weighted by Gasteiger charge is -2.10. The summed E-state index contributed by atoms with van der Waals surface area (Å²) in [7, 11) is 1.97. The molecule has 0 aliphatic carbocycles. The van der Waals surface area contributed by atoms with Gasteiger partial charge in [0.2, 0.25) is 0 Å². The van der Waals surface area contributed by atoms with Crippen LogP contribution in [0.5, 0.6) is 0 Å². The summed E-state index contributed by atoms with van der Waals surface area (Å²) < 4.78 is 1.91. The van der Waals surface area contributed by atoms with Gasteiger partial charge in [-0.1, -0.05) is 58.8 Å². The van der Waals surface area contributed by atoms with Crippen molar-refractivity contribution in [2.24, 2.45) is 7.05 Å². The molecule has 0 spiro atoms. The minimum Gasteiger partial charge on any atom is -0.393 e. The molecule has 1 heterocycles. The molecule has 1 atom stereocenters. The number of aryl methyl sites for hydroxylation is 2. The van der Waals surface area contributed by atoms with E-state index in [4.69, 9.17) is 0 Å². The third-order valence-electron chi connectivity index (χ3n) is 3.98. The Morgan fingerprint density at radius 2 is 1.75 bits per heavy atom. The molecular weight excluding hydrogens is 248 g/mol. The third kappa shape index (κ3) is 6.56. The molecule has 0 amide bonds. The van der Waals surface area contributed by atoms with Crippen LogP contribution in [-0.2, 0) is 19.9 Å². The van der Waals surface area contributed by atoms with Gasteiger partial charge < -0.3 is 5.11 Å². The summed E-state index contributed by atoms with van der Waals surface area (Å²) in [5, 5.41) is 14.5. The molecule has 1 N–H and O–H groups in total. The van der Waals surface area contributed by atoms with Gasteiger partial charge in [0.15, 0.2) is 0 Å². The summed E-state index contributed by atoms with van der Waals surface area (Å²) in [4.78, 5) is 0. The Kier molecular flexibility index (Phi) is 8.59. The Labute approximate surface area is 124 Å². The van der Waals surface area contributed by atoms with Crippen LogP contribution < -0.4 is 0 Å². The van der Waals surface area contributed by atoms with Crippen molar-refractivity contribution in [2.45, 2.75) is 84.2 Å². The van der Waals surface area contributed by atoms with Crippen LogP contribution in [0.15, 0.2) is 6.07 Å². The standard InChI is InChI=1S/C17H32N2O/c1-4-6-7-8-9-10-11-12-17(20)14-16-13-15(5-2)18-19(16)3/h13,17,20H,4-12,14H2,1-3H3. The third-order valence-corrected chi connectivity index (χ3v) is 3.98. The second kappa shape index (κ2) is 9.98. The highest BCUT2D eigenvalue weighted by Crippen LogP contribution is 2.13. The molecule has 116 valence electrons. The van der Waals surface area contributed by atoms with Crippen molar-refractivity contribution in [3.63, 3.8) is 0 Å². The molecule has 0 saturated carbocycles. The van der Waals surface area contributed by atoms with Crippen LogP contribution in [0.3, 0.4) is 0 Å². The molecule has 1 aromatic heterocycles. The normalized spacial score (nSPS) is 12.8. The second-order valence-electron chi connectivity index (χ2n) is 5.87. The van der Waals surface area contributed by atoms with Crippen LogP contribution in [0.25, 0.3) is 0 Å². The summed E-state index contributed by atoms with van der Waals surface area (Å²) in [6, 6.07) is 2.12. The number of unbranched alkanes of at least 4 members (excludes halogenated alkanes) is 6. The fourth-order valence-corrected chi connectivity index (χ4v) is 2.62. The quantitative estimate of drug-likeness (QED) is 0.622. The number of rotatable bonds is 11. The Morgan fingerprint density at radius 3 is 2.35 bits per heavy atom. The lowest BCUT2D eigenvalue weighted by molar-refractivity contribution is 0.158. The van der Waals surface area contributed by atoms with Crippen molar-refractivity contribution in [2.75, 3.05) is 0 Å². The molecule has 0 aliphatic heterocycles. The van der Waals surface area contributed by atoms with Gasteiger partial charge in [0.1, 0.15) is 0 Å². The fraction of sp³-hybridized carbons (Fsp3) is 0.824. The van der Waals surface area contributed by atoms with Crippen molar-refractivity contribution < 1.29 is 5.11 Å². The summed E-state index contributed by atoms with van der Waals surface area (Å²) in [6.45, 7) is 4.36. The van der Waals surface area contributed by atoms with E-state index in [2.05, 4.69) is 25.0 Å². The molecule has 1 rings (SSSR count). The lowest BCUT2D eigenvalue weighted by Crippen LogP contribution is -2.13. The molecule has 20 heavy (non-hydrogen) atoms. The van der Waals surface area contributed by atoms with E-state index in [1.165, 1.54) is 38.5 Å². The topological polar surface area (TPSA) is 38.1 Å². The first kappa shape index (κ1) is 17.2. The molecule has 0 radical (unpaired) electrons. The predicted octanol–water partition coefficient (Wildman–Crippen LogP) is 4.03. The first-order valence-electron chi connectivity index (χ1n) is 8.37. The Balaban J connectivity index is 2.13. The van der Waals surface area contributed by atoms with E-state index in [1.807, 2.05) is 11.7 Å². The Bertz CT molecular complexity index is 360. The number of hydrogen-bond acceptors (Lipinski definition) is 2. The van der Waals surface area contributed by atoms with E-state index in [1.54, 1.807) is 0 Å². The molecule has 0 saturated heterocycles. The number of hydrogen-bond donors (Lipinski definition) is 1. The zero-order valence-electron chi connectivity index (χ0n) is 13.6. The summed E-state index contributed by atoms with van der Waals surface area (Å²) >= 11 is 0. The second-order valence-corrected chi connectivity index (χ2v) is 5.87. The molecule has 3 nitrogen and oxygen atoms in total. The summed E-state index contributed by atoms with van der Waals surface area (Å²) in [5.41, 5.74) is 2.27. The highest BCUT2D eigenvalue weighted by atomic mass is 16.3. The van der Waals surface area contributed by atoms with Gasteiger partial charge in [-0.3, -0.25) is 4.68 Å². The van der Waals surface area contributed by atoms with E-state index < -0.39 is 0 Å². The first-order valence-corrected chi connectivity index (χ1v) is 8.37. The minimum absolute atomic E-state index is 0.217. The van der Waals surface area contributed by atoms with Gasteiger partial charge in [-0.2, -0.15) is 5.10 Å². The minimum atomic E-state index is -0.217. The lowest BCUT2D eigenvalue weighted by atomic mass is 10.0. The van der Waals surface area contributed by atoms with Gasteiger partial charge >= 0.3 is 0 Å². The van der Waals surface area contributed by atoms with Crippen LogP contribution in [0.4, 0.5) is 0 Å². The number of aliphatic hydroxyl groups is 1. The number of aromatic nitrogens is 2. The molecule has 0 aromatic carbocycles. The number of aliphatic hydroxyl groups excluding tert-OH is 1. The maximum absolute atomic E-state index is 10.1. The van der Waals surface area contributed by atoms with Gasteiger partial charge in [-0.15, -0.1) is 0 Å². The molecule has 3 heteroatoms. The van der Waals surface area contributed by atoms with Crippen molar-refractivity contribution in [1.82, 2.24) is 9.78 Å². The first-order chi connectivity index (χ1) is 9.67. The molecule has 0 fully saturated rings. The molecule has 1 unspecified atom stereocenters. The number of nitrogens with zero attached hydrogens (tertiary/aromatic N) is 2. The Morgan fingerprint density at radius 1 is 1.10 bits per heavy atom. The highest BCUT2D eigenvalue weighted by molar-refractivity contribution is 5.11. The average molecular weight is 280 g/mol. The molecule has 0 aliphatic rings. The van der Waals surface area contributed by atoms with Crippen molar-refractivity contribution in [3.8, 4) is 0 Å². The average Bonchev–Trinajstić information content (AvgIpc) is 2.78.